The normalized spacial score (nSPS) is 11.1. The van der Waals surface area contributed by atoms with Crippen molar-refractivity contribution < 1.29 is 41.6 Å². The molecule has 148 heavy (non-hydrogen) atoms. The van der Waals surface area contributed by atoms with Gasteiger partial charge in [0.05, 0.1) is 40.8 Å². The zero-order valence-corrected chi connectivity index (χ0v) is 87.8. The Morgan fingerprint density at radius 2 is 0.750 bits per heavy atom. The molecule has 2 aliphatic carbocycles. The van der Waals surface area contributed by atoms with E-state index in [2.05, 4.69) is 383 Å². The molecule has 722 valence electrons. The van der Waals surface area contributed by atoms with Gasteiger partial charge in [-0.15, -0.1) is 0 Å². The zero-order chi connectivity index (χ0) is 101. The predicted octanol–water partition coefficient (Wildman–Crippen LogP) is 36.1. The van der Waals surface area contributed by atoms with Crippen LogP contribution in [-0.4, -0.2) is 34.8 Å². The monoisotopic (exact) mass is 2270 g/mol. The number of hydrogen-bond acceptors (Lipinski definition) is 13. The van der Waals surface area contributed by atoms with Gasteiger partial charge in [0.1, 0.15) is 50.2 Å². The molecule has 6 aromatic heterocycles. The fourth-order valence-electron chi connectivity index (χ4n) is 18.9. The summed E-state index contributed by atoms with van der Waals surface area (Å²) in [6.07, 6.45) is 1.99. The molecule has 28 rings (SSSR count). The van der Waals surface area contributed by atoms with Crippen molar-refractivity contribution in [1.82, 2.24) is 4.57 Å². The van der Waals surface area contributed by atoms with Crippen LogP contribution in [0.1, 0.15) is 43.5 Å². The van der Waals surface area contributed by atoms with E-state index in [1.54, 1.807) is 24.3 Å². The van der Waals surface area contributed by atoms with Crippen LogP contribution in [0.15, 0.2) is 495 Å². The summed E-state index contributed by atoms with van der Waals surface area (Å²) in [5, 5.41) is 48.0. The second kappa shape index (κ2) is 47.9. The Morgan fingerprint density at radius 1 is 0.372 bits per heavy atom. The average molecular weight is 2280 g/mol. The Labute approximate surface area is 901 Å². The molecule has 15 nitrogen and oxygen atoms in total. The van der Waals surface area contributed by atoms with Crippen LogP contribution in [0.2, 0.25) is 0 Å². The first-order valence-corrected chi connectivity index (χ1v) is 52.5. The summed E-state index contributed by atoms with van der Waals surface area (Å²) >= 11 is 16.4. The number of nitro benzene ring substituents is 2. The summed E-state index contributed by atoms with van der Waals surface area (Å²) in [6, 6.07) is 153. The van der Waals surface area contributed by atoms with Gasteiger partial charge in [-0.3, -0.25) is 20.2 Å². The van der Waals surface area contributed by atoms with E-state index in [9.17, 15) is 20.2 Å². The third-order valence-electron chi connectivity index (χ3n) is 25.1. The molecule has 0 spiro atoms. The molecule has 6 heterocycles. The molecule has 20 aromatic carbocycles. The summed E-state index contributed by atoms with van der Waals surface area (Å²) in [4.78, 5) is 20.6. The maximum Gasteiger partial charge on any atom is 0.135 e. The molecule has 0 saturated carbocycles. The Bertz CT molecular complexity index is 9160. The van der Waals surface area contributed by atoms with Gasteiger partial charge in [-0.1, -0.05) is 359 Å². The van der Waals surface area contributed by atoms with Crippen LogP contribution in [0, 0.1) is 23.8 Å². The fourth-order valence-corrected chi connectivity index (χ4v) is 23.0. The molecule has 0 unspecified atom stereocenters. The van der Waals surface area contributed by atoms with Gasteiger partial charge in [0, 0.05) is 85.1 Å². The van der Waals surface area contributed by atoms with Crippen LogP contribution in [0.5, 0.6) is 5.75 Å². The number of hydrogen-bond donors (Lipinski definition) is 2. The summed E-state index contributed by atoms with van der Waals surface area (Å²) in [5.74, 6) is 0.0185. The average Bonchev–Trinajstić information content (AvgIpc) is 1.55. The molecular formula is C125H91B2Br3IN4O11PS. The maximum absolute atomic E-state index is 11.2. The first kappa shape index (κ1) is 103. The second-order valence-corrected chi connectivity index (χ2v) is 40.0. The van der Waals surface area contributed by atoms with Gasteiger partial charge in [0.2, 0.25) is 0 Å². The number of thiol groups is 1. The van der Waals surface area contributed by atoms with Crippen LogP contribution in [-0.2, 0) is 12.8 Å². The van der Waals surface area contributed by atoms with Crippen LogP contribution in [0.3, 0.4) is 0 Å². The van der Waals surface area contributed by atoms with Crippen LogP contribution in [0.4, 0.5) is 11.4 Å². The number of nitrogens with zero attached hydrogens (tertiary/aromatic N) is 4. The Morgan fingerprint density at radius 3 is 1.28 bits per heavy atom. The topological polar surface area (TPSA) is 199 Å². The van der Waals surface area contributed by atoms with Gasteiger partial charge in [0.25, 0.3) is 5.69 Å². The third-order valence-corrected chi connectivity index (χ3v) is 29.9. The number of halogens is 4. The quantitative estimate of drug-likeness (QED) is 0.0348. The second-order valence-electron chi connectivity index (χ2n) is 33.7. The van der Waals surface area contributed by atoms with Gasteiger partial charge in [-0.05, 0) is 263 Å². The third kappa shape index (κ3) is 21.9. The minimum Gasteiger partial charge on any atom is -0.456 e. The van der Waals surface area contributed by atoms with Crippen molar-refractivity contribution in [3.63, 3.8) is 0 Å². The van der Waals surface area contributed by atoms with Crippen molar-refractivity contribution in [2.75, 3.05) is 0 Å². The van der Waals surface area contributed by atoms with E-state index in [-0.39, 0.29) is 29.5 Å². The molecule has 0 aliphatic heterocycles. The molecule has 2 aliphatic rings. The van der Waals surface area contributed by atoms with Crippen LogP contribution in [0.25, 0.3) is 171 Å². The Hall–Kier alpha value is -15.4. The van der Waals surface area contributed by atoms with E-state index in [4.69, 9.17) is 27.1 Å². The summed E-state index contributed by atoms with van der Waals surface area (Å²) < 4.78 is 43.6. The number of nitro groups is 2. The van der Waals surface area contributed by atoms with E-state index in [0.717, 1.165) is 120 Å². The van der Waals surface area contributed by atoms with Crippen molar-refractivity contribution in [1.29, 1.82) is 0 Å². The maximum atomic E-state index is 11.2. The van der Waals surface area contributed by atoms with E-state index < -0.39 is 12.8 Å². The minimum atomic E-state index is -0.584. The van der Waals surface area contributed by atoms with Crippen LogP contribution >= 0.6 is 91.1 Å². The fraction of sp³-hybridized carbons (Fsp3) is 0.0400. The standard InChI is InChI=1S/C24H14BrNO.C19H11BrO.C19H12O.C18H11NO3.C18H15P.C12H7BrO.C6H5BNO4.C6H5I.C2H6.CH4.BHNS/c25-19-14-18-16-10-4-6-12-20(16)26(15-8-2-1-3-9-15)23(18)22-17-11-5-7-13-21(17)27-24(19)22;20-16-10-14-12-6-2-1-5-11(12)9-15(14)18-13-7-3-4-8-17(13)21-19(16)18;1-2-6-13-12(5-1)11-16-14(13)9-10-18-19(16)15-7-3-4-8-17(15)20-18;20-19(21)16-7-3-1-5-13(16)12-9-10-18-15(11-12)14-6-2-4-8-17(14)22-18;1-4-10-16(11-5-1)19(17-12-6-2-7-13-17)18-14-8-3-9-15-18;13-8-5-6-12-10(7-8)9-3-1-2-4-11(9)14-12;9-7-12-6-4-2-1-3-5(6)8(10)11;7-6-4-2-1-3-5-6;1-2;;1-2-3/h1-14H;1-8,10H,9H2;1-10H,11H2;1-11H;1-15H;1-7H;1-4,9H;1-5H;1-2H3;1H4;3H. The largest absolute Gasteiger partial charge is 0.456 e. The number of rotatable bonds is 9. The molecule has 1 N–H and O–H groups in total. The van der Waals surface area contributed by atoms with Gasteiger partial charge >= 0.3 is 38.1 Å². The number of para-hydroxylation sites is 10. The molecule has 23 heteroatoms. The Kier molecular flexibility index (Phi) is 33.2. The van der Waals surface area contributed by atoms with E-state index in [1.165, 1.54) is 137 Å². The molecule has 0 amide bonds. The number of fused-ring (bicyclic) bond motifs is 27. The first-order valence-electron chi connectivity index (χ1n) is 47.3. The van der Waals surface area contributed by atoms with Gasteiger partial charge < -0.3 is 36.3 Å². The van der Waals surface area contributed by atoms with Crippen molar-refractivity contribution in [2.24, 2.45) is 4.30 Å². The molecule has 0 saturated heterocycles. The molecule has 2 radical (unpaired) electrons. The number of aromatic nitrogens is 1. The smallest absolute Gasteiger partial charge is 0.135 e. The van der Waals surface area contributed by atoms with Gasteiger partial charge in [0.15, 0.2) is 11.3 Å². The van der Waals surface area contributed by atoms with Crippen molar-refractivity contribution >= 4 is 265 Å². The molecule has 0 atom stereocenters. The SMILES string of the molecule is Brc1cc2c(c3c1oc1ccccc13)Cc1ccccc1-2.Brc1cc2c3ccccc3n(-c3ccccc3)c2c2c1oc1ccccc12.Brc1ccc2oc3ccccc3c2c1.C.CC.Ic1ccccc1.O=[N+]([O-])c1ccccc1-c1ccc2oc3ccccc3c2c1.O=[N+]([O-])c1ccccc1O[B]O.[B]=NS.c1ccc(P(c2ccccc2)c2ccccc2)cc1.c1ccc2c(c1)Cc1c-2ccc2oc3ccccc3c12. The number of benzene rings is 20. The molecule has 26 aromatic rings. The first-order chi connectivity index (χ1) is 72.2. The van der Waals surface area contributed by atoms with Crippen molar-refractivity contribution in [2.45, 2.75) is 34.1 Å². The molecular weight excluding hydrogens is 2180 g/mol. The summed E-state index contributed by atoms with van der Waals surface area (Å²) in [5.41, 5.74) is 25.1. The van der Waals surface area contributed by atoms with E-state index in [1.807, 2.05) is 141 Å². The minimum absolute atomic E-state index is 0. The molecule has 0 fully saturated rings. The van der Waals surface area contributed by atoms with Gasteiger partial charge in [-0.2, -0.15) is 0 Å². The molecule has 0 bridgehead atoms. The predicted molar refractivity (Wildman–Crippen MR) is 636 cm³/mol. The van der Waals surface area contributed by atoms with Gasteiger partial charge in [-0.25, -0.2) is 0 Å². The van der Waals surface area contributed by atoms with Crippen molar-refractivity contribution in [3.05, 3.63) is 514 Å². The summed E-state index contributed by atoms with van der Waals surface area (Å²) in [7, 11) is 4.30. The van der Waals surface area contributed by atoms with Crippen molar-refractivity contribution in [3.8, 4) is 44.8 Å². The number of furan rings is 5. The van der Waals surface area contributed by atoms with E-state index in [0.29, 0.717) is 13.2 Å². The Balaban J connectivity index is 0.000000112. The zero-order valence-electron chi connectivity index (χ0n) is 79.1. The summed E-state index contributed by atoms with van der Waals surface area (Å²) in [6.45, 7) is 4.00. The van der Waals surface area contributed by atoms with Crippen LogP contribution < -0.4 is 20.6 Å². The van der Waals surface area contributed by atoms with E-state index >= 15 is 0 Å².